The van der Waals surface area contributed by atoms with Gasteiger partial charge in [-0.05, 0) is 60.7 Å². The molecule has 1 heterocycles. The van der Waals surface area contributed by atoms with E-state index in [2.05, 4.69) is 27.9 Å². The first-order valence-corrected chi connectivity index (χ1v) is 7.49. The summed E-state index contributed by atoms with van der Waals surface area (Å²) in [5.41, 5.74) is 0.678. The fourth-order valence-electron chi connectivity index (χ4n) is 2.21. The maximum Gasteiger partial charge on any atom is 0.253 e. The minimum atomic E-state index is 0.0771. The third-order valence-electron chi connectivity index (χ3n) is 3.28. The maximum atomic E-state index is 12.4. The Hall–Kier alpha value is -0.330. The van der Waals surface area contributed by atoms with Gasteiger partial charge >= 0.3 is 0 Å². The molecule has 1 fully saturated rings. The number of hydrogen-bond donors (Lipinski definition) is 1. The Kier molecular flexibility index (Phi) is 4.86. The molecule has 0 saturated carbocycles. The van der Waals surface area contributed by atoms with E-state index in [1.54, 1.807) is 6.07 Å². The molecule has 98 valence electrons. The smallest absolute Gasteiger partial charge is 0.253 e. The number of nitrogens with one attached hydrogen (secondary N) is 1. The predicted molar refractivity (Wildman–Crippen MR) is 82.2 cm³/mol. The van der Waals surface area contributed by atoms with Gasteiger partial charge in [0.1, 0.15) is 0 Å². The van der Waals surface area contributed by atoms with Crippen LogP contribution in [0.25, 0.3) is 0 Å². The largest absolute Gasteiger partial charge is 0.337 e. The molecule has 3 nitrogen and oxygen atoms in total. The minimum absolute atomic E-state index is 0.0771. The van der Waals surface area contributed by atoms with E-state index in [4.69, 9.17) is 11.6 Å². The van der Waals surface area contributed by atoms with Gasteiger partial charge in [-0.3, -0.25) is 4.79 Å². The third-order valence-corrected chi connectivity index (χ3v) is 4.86. The first-order valence-electron chi connectivity index (χ1n) is 6.03. The molecule has 1 aromatic rings. The Bertz CT molecular complexity index is 453. The fourth-order valence-corrected chi connectivity index (χ4v) is 2.73. The Balaban J connectivity index is 2.12. The molecule has 5 heteroatoms. The van der Waals surface area contributed by atoms with E-state index in [0.717, 1.165) is 29.5 Å². The van der Waals surface area contributed by atoms with Gasteiger partial charge in [0.2, 0.25) is 0 Å². The normalized spacial score (nSPS) is 19.9. The van der Waals surface area contributed by atoms with Crippen molar-refractivity contribution in [3.05, 3.63) is 32.4 Å². The average molecular weight is 379 g/mol. The molecule has 0 radical (unpaired) electrons. The van der Waals surface area contributed by atoms with Crippen LogP contribution in [0.15, 0.2) is 18.2 Å². The van der Waals surface area contributed by atoms with E-state index >= 15 is 0 Å². The highest BCUT2D eigenvalue weighted by molar-refractivity contribution is 14.1. The van der Waals surface area contributed by atoms with Gasteiger partial charge in [0.05, 0.1) is 5.02 Å². The summed E-state index contributed by atoms with van der Waals surface area (Å²) in [5, 5.41) is 3.88. The number of rotatable bonds is 2. The highest BCUT2D eigenvalue weighted by Crippen LogP contribution is 2.21. The number of carbonyl (C=O) groups excluding carboxylic acids is 1. The molecular formula is C13H16ClIN2O. The van der Waals surface area contributed by atoms with Gasteiger partial charge < -0.3 is 10.2 Å². The van der Waals surface area contributed by atoms with Crippen LogP contribution >= 0.6 is 34.2 Å². The van der Waals surface area contributed by atoms with Crippen molar-refractivity contribution in [2.45, 2.75) is 18.9 Å². The molecule has 0 aromatic heterocycles. The quantitative estimate of drug-likeness (QED) is 0.803. The first kappa shape index (κ1) is 14.1. The van der Waals surface area contributed by atoms with Crippen LogP contribution in [0.5, 0.6) is 0 Å². The number of nitrogens with zero attached hydrogens (tertiary/aromatic N) is 1. The van der Waals surface area contributed by atoms with Crippen LogP contribution in [0.4, 0.5) is 0 Å². The average Bonchev–Trinajstić information content (AvgIpc) is 2.41. The lowest BCUT2D eigenvalue weighted by Gasteiger charge is -2.32. The highest BCUT2D eigenvalue weighted by atomic mass is 127. The molecule has 1 aliphatic rings. The second kappa shape index (κ2) is 6.21. The fraction of sp³-hybridized carbons (Fsp3) is 0.462. The van der Waals surface area contributed by atoms with Crippen molar-refractivity contribution in [3.63, 3.8) is 0 Å². The summed E-state index contributed by atoms with van der Waals surface area (Å²) < 4.78 is 0.970. The van der Waals surface area contributed by atoms with Crippen molar-refractivity contribution in [1.29, 1.82) is 0 Å². The molecule has 0 aliphatic carbocycles. The molecular weight excluding hydrogens is 363 g/mol. The topological polar surface area (TPSA) is 32.3 Å². The van der Waals surface area contributed by atoms with Gasteiger partial charge in [-0.2, -0.15) is 0 Å². The number of halogens is 2. The van der Waals surface area contributed by atoms with Crippen LogP contribution in [0, 0.1) is 3.57 Å². The second-order valence-electron chi connectivity index (χ2n) is 4.51. The summed E-state index contributed by atoms with van der Waals surface area (Å²) in [4.78, 5) is 14.3. The number of benzene rings is 1. The molecule has 18 heavy (non-hydrogen) atoms. The summed E-state index contributed by atoms with van der Waals surface area (Å²) in [5.74, 6) is 0.0771. The number of hydrogen-bond acceptors (Lipinski definition) is 2. The van der Waals surface area contributed by atoms with Gasteiger partial charge in [-0.25, -0.2) is 0 Å². The van der Waals surface area contributed by atoms with Gasteiger partial charge in [0.15, 0.2) is 0 Å². The number of piperidine rings is 1. The number of likely N-dealkylation sites (tertiary alicyclic amines) is 1. The second-order valence-corrected chi connectivity index (χ2v) is 6.08. The lowest BCUT2D eigenvalue weighted by Crippen LogP contribution is -2.46. The zero-order valence-electron chi connectivity index (χ0n) is 10.2. The van der Waals surface area contributed by atoms with Gasteiger partial charge in [0.25, 0.3) is 5.91 Å². The lowest BCUT2D eigenvalue weighted by molar-refractivity contribution is 0.0698. The molecule has 1 unspecified atom stereocenters. The summed E-state index contributed by atoms with van der Waals surface area (Å²) in [6, 6.07) is 5.89. The van der Waals surface area contributed by atoms with Crippen molar-refractivity contribution in [2.75, 3.05) is 20.1 Å². The number of carbonyl (C=O) groups is 1. The van der Waals surface area contributed by atoms with Gasteiger partial charge in [0, 0.05) is 28.3 Å². The SMILES string of the molecule is CNC1CCCN(C(=O)c2ccc(I)c(Cl)c2)C1. The molecule has 0 spiro atoms. The molecule has 1 saturated heterocycles. The molecule has 1 atom stereocenters. The Morgan fingerprint density at radius 2 is 2.33 bits per heavy atom. The lowest BCUT2D eigenvalue weighted by atomic mass is 10.0. The Morgan fingerprint density at radius 3 is 3.00 bits per heavy atom. The maximum absolute atomic E-state index is 12.4. The van der Waals surface area contributed by atoms with E-state index in [9.17, 15) is 4.79 Å². The Labute approximate surface area is 126 Å². The Morgan fingerprint density at radius 1 is 1.56 bits per heavy atom. The van der Waals surface area contributed by atoms with Crippen molar-refractivity contribution in [2.24, 2.45) is 0 Å². The van der Waals surface area contributed by atoms with Crippen LogP contribution in [-0.4, -0.2) is 37.0 Å². The third kappa shape index (κ3) is 3.16. The van der Waals surface area contributed by atoms with Crippen LogP contribution < -0.4 is 5.32 Å². The number of amides is 1. The van der Waals surface area contributed by atoms with Crippen molar-refractivity contribution in [3.8, 4) is 0 Å². The standard InChI is InChI=1S/C13H16ClIN2O/c1-16-10-3-2-6-17(8-10)13(18)9-4-5-12(15)11(14)7-9/h4-5,7,10,16H,2-3,6,8H2,1H3. The van der Waals surface area contributed by atoms with E-state index in [1.165, 1.54) is 0 Å². The summed E-state index contributed by atoms with van der Waals surface area (Å²) in [6.07, 6.45) is 2.18. The molecule has 1 amide bonds. The van der Waals surface area contributed by atoms with E-state index < -0.39 is 0 Å². The monoisotopic (exact) mass is 378 g/mol. The van der Waals surface area contributed by atoms with Crippen LogP contribution in [0.2, 0.25) is 5.02 Å². The van der Waals surface area contributed by atoms with Crippen LogP contribution in [0.3, 0.4) is 0 Å². The molecule has 1 aromatic carbocycles. The van der Waals surface area contributed by atoms with Crippen molar-refractivity contribution in [1.82, 2.24) is 10.2 Å². The van der Waals surface area contributed by atoms with E-state index in [-0.39, 0.29) is 5.91 Å². The zero-order chi connectivity index (χ0) is 13.1. The zero-order valence-corrected chi connectivity index (χ0v) is 13.2. The highest BCUT2D eigenvalue weighted by Gasteiger charge is 2.23. The molecule has 1 N–H and O–H groups in total. The van der Waals surface area contributed by atoms with Crippen LogP contribution in [-0.2, 0) is 0 Å². The van der Waals surface area contributed by atoms with Gasteiger partial charge in [-0.1, -0.05) is 11.6 Å². The molecule has 2 rings (SSSR count). The van der Waals surface area contributed by atoms with Crippen molar-refractivity contribution >= 4 is 40.1 Å². The summed E-state index contributed by atoms with van der Waals surface area (Å²) in [6.45, 7) is 1.61. The summed E-state index contributed by atoms with van der Waals surface area (Å²) in [7, 11) is 1.94. The first-order chi connectivity index (χ1) is 8.61. The van der Waals surface area contributed by atoms with Crippen molar-refractivity contribution < 1.29 is 4.79 Å². The minimum Gasteiger partial charge on any atom is -0.337 e. The van der Waals surface area contributed by atoms with Crippen LogP contribution in [0.1, 0.15) is 23.2 Å². The van der Waals surface area contributed by atoms with E-state index in [0.29, 0.717) is 16.6 Å². The molecule has 1 aliphatic heterocycles. The van der Waals surface area contributed by atoms with E-state index in [1.807, 2.05) is 24.1 Å². The number of likely N-dealkylation sites (N-methyl/N-ethyl adjacent to an activating group) is 1. The molecule has 0 bridgehead atoms. The van der Waals surface area contributed by atoms with Gasteiger partial charge in [-0.15, -0.1) is 0 Å². The summed E-state index contributed by atoms with van der Waals surface area (Å²) >= 11 is 8.22. The predicted octanol–water partition coefficient (Wildman–Crippen LogP) is 2.77.